The largest absolute Gasteiger partial charge is 0.457 e. The Morgan fingerprint density at radius 3 is 2.21 bits per heavy atom. The number of hydrogen-bond acceptors (Lipinski definition) is 3. The van der Waals surface area contributed by atoms with E-state index in [-0.39, 0.29) is 0 Å². The van der Waals surface area contributed by atoms with E-state index in [1.165, 1.54) is 45.0 Å². The van der Waals surface area contributed by atoms with Crippen molar-refractivity contribution < 1.29 is 4.74 Å². The minimum atomic E-state index is 0.294. The summed E-state index contributed by atoms with van der Waals surface area (Å²) < 4.78 is 11.3. The molecule has 3 heterocycles. The second-order valence-corrected chi connectivity index (χ2v) is 15.9. The smallest absolute Gasteiger partial charge is 0.137 e. The van der Waals surface area contributed by atoms with E-state index in [0.717, 1.165) is 45.4 Å². The molecular formula is C48H50N4O. The lowest BCUT2D eigenvalue weighted by atomic mass is 9.72. The van der Waals surface area contributed by atoms with Gasteiger partial charge in [0.2, 0.25) is 0 Å². The SMILES string of the molecule is CC1=C[C@H](C)CC(C)[C@H]1c1c(C)nn(-c2cc(Oc3ccc4c5ccccc5n(-c5cc(C(C)C)ccn5)c4c3)cc(C(C)C)c2)c1-c1ccccc1. The van der Waals surface area contributed by atoms with Crippen molar-refractivity contribution in [3.8, 4) is 34.3 Å². The summed E-state index contributed by atoms with van der Waals surface area (Å²) in [7, 11) is 0. The van der Waals surface area contributed by atoms with Gasteiger partial charge in [-0.25, -0.2) is 9.67 Å². The maximum atomic E-state index is 6.85. The fourth-order valence-electron chi connectivity index (χ4n) is 8.71. The van der Waals surface area contributed by atoms with Gasteiger partial charge >= 0.3 is 0 Å². The molecule has 0 amide bonds. The maximum Gasteiger partial charge on any atom is 0.137 e. The molecule has 4 aromatic carbocycles. The Morgan fingerprint density at radius 1 is 0.717 bits per heavy atom. The zero-order valence-corrected chi connectivity index (χ0v) is 32.3. The molecule has 53 heavy (non-hydrogen) atoms. The Morgan fingerprint density at radius 2 is 1.45 bits per heavy atom. The predicted molar refractivity (Wildman–Crippen MR) is 220 cm³/mol. The molecule has 0 aliphatic heterocycles. The first-order valence-corrected chi connectivity index (χ1v) is 19.2. The maximum absolute atomic E-state index is 6.85. The van der Waals surface area contributed by atoms with E-state index < -0.39 is 0 Å². The molecule has 3 aromatic heterocycles. The van der Waals surface area contributed by atoms with Crippen LogP contribution in [-0.2, 0) is 0 Å². The number of fused-ring (bicyclic) bond motifs is 3. The van der Waals surface area contributed by atoms with Gasteiger partial charge in [-0.05, 0) is 97.5 Å². The number of hydrogen-bond donors (Lipinski definition) is 0. The van der Waals surface area contributed by atoms with E-state index in [1.807, 2.05) is 6.20 Å². The van der Waals surface area contributed by atoms with E-state index in [1.54, 1.807) is 0 Å². The van der Waals surface area contributed by atoms with Crippen molar-refractivity contribution >= 4 is 21.8 Å². The van der Waals surface area contributed by atoms with Crippen LogP contribution in [0.2, 0.25) is 0 Å². The van der Waals surface area contributed by atoms with Crippen LogP contribution in [0.4, 0.5) is 0 Å². The molecule has 0 radical (unpaired) electrons. The van der Waals surface area contributed by atoms with E-state index in [0.29, 0.717) is 29.6 Å². The van der Waals surface area contributed by atoms with Gasteiger partial charge in [0.15, 0.2) is 0 Å². The Kier molecular flexibility index (Phi) is 9.06. The van der Waals surface area contributed by atoms with Gasteiger partial charge in [-0.2, -0.15) is 5.10 Å². The molecule has 5 nitrogen and oxygen atoms in total. The quantitative estimate of drug-likeness (QED) is 0.148. The Hall–Kier alpha value is -5.42. The predicted octanol–water partition coefficient (Wildman–Crippen LogP) is 13.1. The molecule has 268 valence electrons. The molecule has 0 bridgehead atoms. The van der Waals surface area contributed by atoms with E-state index in [4.69, 9.17) is 14.8 Å². The average Bonchev–Trinajstić information content (AvgIpc) is 3.65. The molecule has 1 unspecified atom stereocenters. The molecule has 5 heteroatoms. The molecule has 8 rings (SSSR count). The number of aromatic nitrogens is 4. The molecule has 0 spiro atoms. The highest BCUT2D eigenvalue weighted by Gasteiger charge is 2.33. The lowest BCUT2D eigenvalue weighted by Gasteiger charge is -2.32. The van der Waals surface area contributed by atoms with E-state index >= 15 is 0 Å². The average molecular weight is 699 g/mol. The molecule has 7 aromatic rings. The summed E-state index contributed by atoms with van der Waals surface area (Å²) in [5.74, 6) is 4.59. The minimum absolute atomic E-state index is 0.294. The van der Waals surface area contributed by atoms with Crippen molar-refractivity contribution in [3.05, 3.63) is 143 Å². The molecule has 0 saturated heterocycles. The van der Waals surface area contributed by atoms with Crippen LogP contribution in [-0.4, -0.2) is 19.3 Å². The van der Waals surface area contributed by atoms with Crippen molar-refractivity contribution in [3.63, 3.8) is 0 Å². The second kappa shape index (κ2) is 13.9. The van der Waals surface area contributed by atoms with Gasteiger partial charge in [-0.15, -0.1) is 0 Å². The number of benzene rings is 4. The van der Waals surface area contributed by atoms with E-state index in [2.05, 4.69) is 174 Å². The highest BCUT2D eigenvalue weighted by Crippen LogP contribution is 2.46. The topological polar surface area (TPSA) is 44.9 Å². The molecule has 1 aliphatic rings. The molecule has 0 saturated carbocycles. The van der Waals surface area contributed by atoms with Crippen LogP contribution in [0.15, 0.2) is 121 Å². The summed E-state index contributed by atoms with van der Waals surface area (Å²) in [6, 6.07) is 36.7. The number of aryl methyl sites for hydroxylation is 1. The van der Waals surface area contributed by atoms with Crippen LogP contribution in [0.25, 0.3) is 44.6 Å². The highest BCUT2D eigenvalue weighted by molar-refractivity contribution is 6.09. The summed E-state index contributed by atoms with van der Waals surface area (Å²) in [4.78, 5) is 4.85. The fourth-order valence-corrected chi connectivity index (χ4v) is 8.71. The number of allylic oxidation sites excluding steroid dienone is 2. The number of nitrogens with zero attached hydrogens (tertiary/aromatic N) is 4. The molecule has 3 atom stereocenters. The monoisotopic (exact) mass is 698 g/mol. The van der Waals surface area contributed by atoms with Crippen molar-refractivity contribution in [2.24, 2.45) is 11.8 Å². The van der Waals surface area contributed by atoms with Gasteiger partial charge in [-0.1, -0.05) is 102 Å². The highest BCUT2D eigenvalue weighted by atomic mass is 16.5. The molecule has 1 aliphatic carbocycles. The normalized spacial score (nSPS) is 17.6. The zero-order chi connectivity index (χ0) is 37.0. The number of rotatable bonds is 8. The third-order valence-corrected chi connectivity index (χ3v) is 11.2. The summed E-state index contributed by atoms with van der Waals surface area (Å²) in [5, 5.41) is 7.69. The van der Waals surface area contributed by atoms with Gasteiger partial charge in [0, 0.05) is 46.1 Å². The number of pyridine rings is 1. The first kappa shape index (κ1) is 34.7. The minimum Gasteiger partial charge on any atom is -0.457 e. The lowest BCUT2D eigenvalue weighted by Crippen LogP contribution is -2.20. The van der Waals surface area contributed by atoms with Gasteiger partial charge in [-0.3, -0.25) is 4.57 Å². The molecule has 0 fully saturated rings. The summed E-state index contributed by atoms with van der Waals surface area (Å²) in [6.07, 6.45) is 5.56. The first-order valence-electron chi connectivity index (χ1n) is 19.2. The van der Waals surface area contributed by atoms with Gasteiger partial charge < -0.3 is 4.74 Å². The Bertz CT molecular complexity index is 2480. The van der Waals surface area contributed by atoms with Crippen LogP contribution < -0.4 is 4.74 Å². The van der Waals surface area contributed by atoms with Crippen LogP contribution in [0.3, 0.4) is 0 Å². The molecular weight excluding hydrogens is 649 g/mol. The third kappa shape index (κ3) is 6.37. The van der Waals surface area contributed by atoms with Crippen molar-refractivity contribution in [2.75, 3.05) is 0 Å². The van der Waals surface area contributed by atoms with Crippen LogP contribution in [0.5, 0.6) is 11.5 Å². The van der Waals surface area contributed by atoms with Gasteiger partial charge in [0.25, 0.3) is 0 Å². The van der Waals surface area contributed by atoms with Crippen LogP contribution in [0, 0.1) is 18.8 Å². The third-order valence-electron chi connectivity index (χ3n) is 11.2. The van der Waals surface area contributed by atoms with Crippen molar-refractivity contribution in [1.29, 1.82) is 0 Å². The standard InChI is InChI=1S/C48H50N4O/c1-29(2)36-20-21-49-45(26-36)51-43-17-13-12-16-41(43)42-19-18-39(28-44(42)51)53-40-25-37(30(3)4)24-38(27-40)52-48(35-14-10-9-11-15-35)47(34(8)50-52)46-32(6)22-31(5)23-33(46)7/h9-22,24-31,33,46H,23H2,1-8H3/t31-,33?,46-/m0/s1. The number of para-hydroxylation sites is 1. The zero-order valence-electron chi connectivity index (χ0n) is 32.3. The van der Waals surface area contributed by atoms with Crippen LogP contribution >= 0.6 is 0 Å². The first-order chi connectivity index (χ1) is 25.6. The Balaban J connectivity index is 1.27. The Labute approximate surface area is 314 Å². The lowest BCUT2D eigenvalue weighted by molar-refractivity contribution is 0.391. The summed E-state index contributed by atoms with van der Waals surface area (Å²) >= 11 is 0. The van der Waals surface area contributed by atoms with E-state index in [9.17, 15) is 0 Å². The van der Waals surface area contributed by atoms with Crippen molar-refractivity contribution in [1.82, 2.24) is 19.3 Å². The summed E-state index contributed by atoms with van der Waals surface area (Å²) in [5.41, 5.74) is 11.8. The second-order valence-electron chi connectivity index (χ2n) is 15.9. The van der Waals surface area contributed by atoms with Gasteiger partial charge in [0.05, 0.1) is 28.1 Å². The van der Waals surface area contributed by atoms with Crippen LogP contribution in [0.1, 0.15) is 95.0 Å². The summed E-state index contributed by atoms with van der Waals surface area (Å²) in [6.45, 7) is 18.1. The van der Waals surface area contributed by atoms with Crippen molar-refractivity contribution in [2.45, 2.75) is 79.6 Å². The number of ether oxygens (including phenoxy) is 1. The van der Waals surface area contributed by atoms with Gasteiger partial charge in [0.1, 0.15) is 17.3 Å². The fraction of sp³-hybridized carbons (Fsp3) is 0.292. The molecule has 0 N–H and O–H groups in total.